The lowest BCUT2D eigenvalue weighted by molar-refractivity contribution is -0.384. The summed E-state index contributed by atoms with van der Waals surface area (Å²) < 4.78 is 5.74. The molecule has 0 radical (unpaired) electrons. The number of nitrogens with one attached hydrogen (secondary N) is 2. The number of rotatable bonds is 4. The van der Waals surface area contributed by atoms with E-state index in [1.165, 1.54) is 25.2 Å². The van der Waals surface area contributed by atoms with E-state index in [4.69, 9.17) is 4.74 Å². The molecule has 2 heterocycles. The number of fused-ring (bicyclic) bond motifs is 2. The Morgan fingerprint density at radius 3 is 2.81 bits per heavy atom. The Labute approximate surface area is 121 Å². The Bertz CT molecular complexity index is 590. The summed E-state index contributed by atoms with van der Waals surface area (Å²) in [5.41, 5.74) is 0.752. The topological polar surface area (TPSA) is 93.5 Å². The molecule has 2 aliphatic heterocycles. The van der Waals surface area contributed by atoms with Crippen LogP contribution in [0.4, 0.5) is 11.4 Å². The molecule has 3 atom stereocenters. The van der Waals surface area contributed by atoms with Crippen LogP contribution in [0.2, 0.25) is 0 Å². The van der Waals surface area contributed by atoms with Crippen LogP contribution in [0, 0.1) is 10.1 Å². The lowest BCUT2D eigenvalue weighted by Gasteiger charge is -2.21. The van der Waals surface area contributed by atoms with Crippen molar-refractivity contribution in [2.75, 3.05) is 12.4 Å². The first-order valence-corrected chi connectivity index (χ1v) is 7.01. The van der Waals surface area contributed by atoms with Gasteiger partial charge in [-0.25, -0.2) is 0 Å². The van der Waals surface area contributed by atoms with Gasteiger partial charge in [-0.3, -0.25) is 14.9 Å². The molecule has 2 saturated heterocycles. The van der Waals surface area contributed by atoms with Crippen molar-refractivity contribution in [1.82, 2.24) is 5.32 Å². The van der Waals surface area contributed by atoms with Crippen molar-refractivity contribution < 1.29 is 14.5 Å². The molecule has 2 fully saturated rings. The fourth-order valence-corrected chi connectivity index (χ4v) is 3.09. The second-order valence-electron chi connectivity index (χ2n) is 5.43. The van der Waals surface area contributed by atoms with Gasteiger partial charge in [0.05, 0.1) is 23.2 Å². The van der Waals surface area contributed by atoms with Gasteiger partial charge in [-0.05, 0) is 31.4 Å². The van der Waals surface area contributed by atoms with Gasteiger partial charge in [0.15, 0.2) is 0 Å². The van der Waals surface area contributed by atoms with Crippen LogP contribution in [0.1, 0.15) is 29.6 Å². The third-order valence-electron chi connectivity index (χ3n) is 4.13. The number of nitro groups is 1. The summed E-state index contributed by atoms with van der Waals surface area (Å²) in [6.45, 7) is 0. The number of hydrogen-bond acceptors (Lipinski definition) is 5. The highest BCUT2D eigenvalue weighted by Gasteiger charge is 2.41. The average molecular weight is 291 g/mol. The molecule has 1 amide bonds. The van der Waals surface area contributed by atoms with Gasteiger partial charge in [0.1, 0.15) is 5.69 Å². The first-order chi connectivity index (χ1) is 10.1. The second-order valence-corrected chi connectivity index (χ2v) is 5.43. The molecular weight excluding hydrogens is 274 g/mol. The van der Waals surface area contributed by atoms with Gasteiger partial charge in [-0.2, -0.15) is 0 Å². The van der Waals surface area contributed by atoms with Gasteiger partial charge in [-0.15, -0.1) is 0 Å². The van der Waals surface area contributed by atoms with E-state index in [0.717, 1.165) is 19.3 Å². The van der Waals surface area contributed by atoms with Gasteiger partial charge in [0.2, 0.25) is 0 Å². The van der Waals surface area contributed by atoms with Crippen LogP contribution < -0.4 is 10.6 Å². The molecule has 2 aliphatic rings. The molecule has 3 rings (SSSR count). The summed E-state index contributed by atoms with van der Waals surface area (Å²) in [6, 6.07) is 4.42. The lowest BCUT2D eigenvalue weighted by atomic mass is 9.95. The number of carbonyl (C=O) groups is 1. The van der Waals surface area contributed by atoms with E-state index in [1.807, 2.05) is 0 Å². The maximum atomic E-state index is 11.7. The Balaban J connectivity index is 1.87. The number of anilines is 1. The number of carbonyl (C=O) groups excluding carboxylic acids is 1. The number of nitro benzene ring substituents is 1. The number of nitrogens with zero attached hydrogens (tertiary/aromatic N) is 1. The van der Waals surface area contributed by atoms with Gasteiger partial charge < -0.3 is 15.4 Å². The average Bonchev–Trinajstić information content (AvgIpc) is 3.08. The number of amides is 1. The van der Waals surface area contributed by atoms with Crippen molar-refractivity contribution >= 4 is 17.3 Å². The second kappa shape index (κ2) is 5.33. The molecule has 0 aromatic heterocycles. The van der Waals surface area contributed by atoms with Crippen molar-refractivity contribution in [1.29, 1.82) is 0 Å². The Kier molecular flexibility index (Phi) is 3.50. The van der Waals surface area contributed by atoms with Crippen molar-refractivity contribution in [2.24, 2.45) is 0 Å². The molecule has 21 heavy (non-hydrogen) atoms. The Hall–Kier alpha value is -2.15. The van der Waals surface area contributed by atoms with E-state index < -0.39 is 4.92 Å². The molecule has 7 heteroatoms. The van der Waals surface area contributed by atoms with E-state index in [0.29, 0.717) is 11.3 Å². The van der Waals surface area contributed by atoms with E-state index in [2.05, 4.69) is 10.6 Å². The molecule has 0 saturated carbocycles. The summed E-state index contributed by atoms with van der Waals surface area (Å²) in [5, 5.41) is 16.9. The van der Waals surface area contributed by atoms with E-state index in [1.54, 1.807) is 0 Å². The van der Waals surface area contributed by atoms with Crippen LogP contribution in [0.3, 0.4) is 0 Å². The first kappa shape index (κ1) is 13.8. The van der Waals surface area contributed by atoms with E-state index >= 15 is 0 Å². The first-order valence-electron chi connectivity index (χ1n) is 7.01. The zero-order valence-electron chi connectivity index (χ0n) is 11.7. The largest absolute Gasteiger partial charge is 0.374 e. The molecule has 1 aromatic carbocycles. The minimum Gasteiger partial charge on any atom is -0.374 e. The molecule has 7 nitrogen and oxygen atoms in total. The third kappa shape index (κ3) is 2.56. The van der Waals surface area contributed by atoms with E-state index in [9.17, 15) is 14.9 Å². The Morgan fingerprint density at radius 2 is 2.24 bits per heavy atom. The number of hydrogen-bond donors (Lipinski definition) is 2. The highest BCUT2D eigenvalue weighted by Crippen LogP contribution is 2.37. The van der Waals surface area contributed by atoms with E-state index in [-0.39, 0.29) is 29.8 Å². The number of ether oxygens (including phenoxy) is 1. The molecule has 112 valence electrons. The summed E-state index contributed by atoms with van der Waals surface area (Å²) in [5.74, 6) is -0.267. The fraction of sp³-hybridized carbons (Fsp3) is 0.500. The maximum Gasteiger partial charge on any atom is 0.292 e. The summed E-state index contributed by atoms with van der Waals surface area (Å²) in [4.78, 5) is 22.4. The van der Waals surface area contributed by atoms with Crippen LogP contribution in [-0.4, -0.2) is 36.1 Å². The summed E-state index contributed by atoms with van der Waals surface area (Å²) in [7, 11) is 1.53. The van der Waals surface area contributed by atoms with Gasteiger partial charge in [-0.1, -0.05) is 0 Å². The lowest BCUT2D eigenvalue weighted by Crippen LogP contribution is -2.31. The molecule has 2 N–H and O–H groups in total. The minimum atomic E-state index is -0.440. The minimum absolute atomic E-state index is 0.0228. The van der Waals surface area contributed by atoms with Crippen LogP contribution in [0.5, 0.6) is 0 Å². The van der Waals surface area contributed by atoms with Crippen LogP contribution in [0.15, 0.2) is 18.2 Å². The molecule has 2 bridgehead atoms. The molecule has 0 spiro atoms. The van der Waals surface area contributed by atoms with Crippen molar-refractivity contribution in [3.05, 3.63) is 33.9 Å². The van der Waals surface area contributed by atoms with Gasteiger partial charge in [0.25, 0.3) is 11.6 Å². The quantitative estimate of drug-likeness (QED) is 0.650. The zero-order valence-corrected chi connectivity index (χ0v) is 11.7. The van der Waals surface area contributed by atoms with Crippen molar-refractivity contribution in [3.8, 4) is 0 Å². The van der Waals surface area contributed by atoms with Crippen LogP contribution in [-0.2, 0) is 4.74 Å². The standard InChI is InChI=1S/C14H17N3O4/c1-15-14(18)8-2-4-12(17(19)20)10(6-8)16-11-7-9-3-5-13(11)21-9/h2,4,6,9,11,13,16H,3,5,7H2,1H3,(H,15,18). The third-order valence-corrected chi connectivity index (χ3v) is 4.13. The highest BCUT2D eigenvalue weighted by molar-refractivity contribution is 5.95. The zero-order chi connectivity index (χ0) is 15.0. The predicted molar refractivity (Wildman–Crippen MR) is 76.4 cm³/mol. The summed E-state index contributed by atoms with van der Waals surface area (Å²) in [6.07, 6.45) is 3.26. The summed E-state index contributed by atoms with van der Waals surface area (Å²) >= 11 is 0. The monoisotopic (exact) mass is 291 g/mol. The highest BCUT2D eigenvalue weighted by atomic mass is 16.6. The fourth-order valence-electron chi connectivity index (χ4n) is 3.09. The van der Waals surface area contributed by atoms with Gasteiger partial charge in [0, 0.05) is 18.7 Å². The van der Waals surface area contributed by atoms with Gasteiger partial charge >= 0.3 is 0 Å². The normalized spacial score (nSPS) is 26.6. The molecule has 1 aromatic rings. The van der Waals surface area contributed by atoms with Crippen molar-refractivity contribution in [2.45, 2.75) is 37.5 Å². The smallest absolute Gasteiger partial charge is 0.292 e. The molecule has 3 unspecified atom stereocenters. The molecular formula is C14H17N3O4. The number of benzene rings is 1. The van der Waals surface area contributed by atoms with Crippen molar-refractivity contribution in [3.63, 3.8) is 0 Å². The molecule has 0 aliphatic carbocycles. The Morgan fingerprint density at radius 1 is 1.43 bits per heavy atom. The predicted octanol–water partition coefficient (Wildman–Crippen LogP) is 1.69. The maximum absolute atomic E-state index is 11.7. The van der Waals surface area contributed by atoms with Crippen LogP contribution >= 0.6 is 0 Å². The van der Waals surface area contributed by atoms with Crippen LogP contribution in [0.25, 0.3) is 0 Å². The SMILES string of the molecule is CNC(=O)c1ccc([N+](=O)[O-])c(NC2CC3CCC2O3)c1.